The number of fused-ring (bicyclic) bond motifs is 7. The van der Waals surface area contributed by atoms with Gasteiger partial charge in [-0.25, -0.2) is 4.57 Å². The molecule has 3 aromatic carbocycles. The van der Waals surface area contributed by atoms with Crippen LogP contribution in [0.3, 0.4) is 0 Å². The van der Waals surface area contributed by atoms with Crippen molar-refractivity contribution in [1.82, 2.24) is 4.40 Å². The molecule has 3 heterocycles. The number of pyridine rings is 1. The molecular weight excluding hydrogens is 472 g/mol. The number of hydrogen-bond acceptors (Lipinski definition) is 0. The molecule has 0 saturated heterocycles. The van der Waals surface area contributed by atoms with E-state index in [-0.39, 0.29) is 27.2 Å². The Hall–Kier alpha value is -2.87. The molecule has 0 radical (unpaired) electrons. The Labute approximate surface area is 234 Å². The Balaban J connectivity index is 1.84. The molecule has 1 atom stereocenters. The second kappa shape index (κ2) is 7.25. The molecule has 0 spiro atoms. The van der Waals surface area contributed by atoms with E-state index in [2.05, 4.69) is 133 Å². The van der Waals surface area contributed by atoms with Crippen molar-refractivity contribution >= 4 is 38.4 Å². The largest absolute Gasteiger partial charge is 0.296 e. The van der Waals surface area contributed by atoms with E-state index in [1.54, 1.807) is 0 Å². The van der Waals surface area contributed by atoms with Gasteiger partial charge in [-0.2, -0.15) is 4.40 Å². The molecule has 2 heteroatoms. The van der Waals surface area contributed by atoms with E-state index in [0.717, 1.165) is 19.3 Å². The highest BCUT2D eigenvalue weighted by atomic mass is 15.2. The standard InChI is InChI=1S/C37H45N2/c1-11-36(10)25-19-16-18-24-23-17-14-15-20-28(23)38-29-21-26-27(34(6,7)35(8,9)33(26,4)5)22-30(29)39(32(38)31(24)25)37(36,12-2)13-3/h14-22H,11-13H2,1-10H3/q+1. The monoisotopic (exact) mass is 517 g/mol. The lowest BCUT2D eigenvalue weighted by Crippen LogP contribution is -2.67. The number of hydrogen-bond donors (Lipinski definition) is 0. The van der Waals surface area contributed by atoms with Gasteiger partial charge in [-0.05, 0) is 70.4 Å². The molecule has 0 bridgehead atoms. The van der Waals surface area contributed by atoms with Gasteiger partial charge in [0.15, 0.2) is 11.0 Å². The van der Waals surface area contributed by atoms with E-state index in [1.807, 2.05) is 0 Å². The summed E-state index contributed by atoms with van der Waals surface area (Å²) in [5.41, 5.74) is 10.3. The van der Waals surface area contributed by atoms with Crippen molar-refractivity contribution in [3.05, 3.63) is 71.3 Å². The topological polar surface area (TPSA) is 8.29 Å². The van der Waals surface area contributed by atoms with Gasteiger partial charge in [0.1, 0.15) is 11.1 Å². The molecule has 1 aliphatic heterocycles. The van der Waals surface area contributed by atoms with Gasteiger partial charge in [0.25, 0.3) is 5.65 Å². The van der Waals surface area contributed by atoms with Crippen LogP contribution in [-0.2, 0) is 21.8 Å². The number of para-hydroxylation sites is 1. The van der Waals surface area contributed by atoms with E-state index >= 15 is 0 Å². The number of benzene rings is 3. The van der Waals surface area contributed by atoms with Gasteiger partial charge < -0.3 is 0 Å². The van der Waals surface area contributed by atoms with Crippen molar-refractivity contribution in [2.24, 2.45) is 5.41 Å². The zero-order valence-corrected chi connectivity index (χ0v) is 25.7. The van der Waals surface area contributed by atoms with Crippen LogP contribution < -0.4 is 4.57 Å². The molecule has 2 aromatic heterocycles. The predicted molar refractivity (Wildman–Crippen MR) is 166 cm³/mol. The lowest BCUT2D eigenvalue weighted by Gasteiger charge is -2.48. The van der Waals surface area contributed by atoms with Gasteiger partial charge in [0, 0.05) is 16.2 Å². The molecule has 0 amide bonds. The third kappa shape index (κ3) is 2.42. The molecule has 202 valence electrons. The second-order valence-electron chi connectivity index (χ2n) is 14.4. The van der Waals surface area contributed by atoms with E-state index in [9.17, 15) is 0 Å². The first-order valence-corrected chi connectivity index (χ1v) is 15.2. The molecule has 1 aliphatic carbocycles. The molecule has 2 aliphatic rings. The Bertz CT molecular complexity index is 1860. The highest BCUT2D eigenvalue weighted by Crippen LogP contribution is 2.62. The fourth-order valence-corrected chi connectivity index (χ4v) is 9.39. The Kier molecular flexibility index (Phi) is 4.67. The zero-order valence-electron chi connectivity index (χ0n) is 25.7. The SMILES string of the molecule is CCC1(C)c2cccc3c4ccccc4n4c5cc6c(cc5[n+](c4c23)C1(CC)CC)C(C)(C)C(C)(C)C6(C)C. The van der Waals surface area contributed by atoms with Crippen molar-refractivity contribution in [1.29, 1.82) is 0 Å². The van der Waals surface area contributed by atoms with Gasteiger partial charge in [0.05, 0.1) is 5.39 Å². The molecule has 0 saturated carbocycles. The third-order valence-electron chi connectivity index (χ3n) is 13.1. The minimum atomic E-state index is -0.0134. The lowest BCUT2D eigenvalue weighted by atomic mass is 9.59. The van der Waals surface area contributed by atoms with Crippen molar-refractivity contribution in [2.75, 3.05) is 0 Å². The average molecular weight is 518 g/mol. The van der Waals surface area contributed by atoms with Crippen LogP contribution in [0.1, 0.15) is 105 Å². The quantitative estimate of drug-likeness (QED) is 0.166. The van der Waals surface area contributed by atoms with Crippen LogP contribution in [0.25, 0.3) is 38.4 Å². The van der Waals surface area contributed by atoms with Crippen molar-refractivity contribution in [2.45, 2.75) is 110 Å². The summed E-state index contributed by atoms with van der Waals surface area (Å²) in [5.74, 6) is 0. The molecule has 2 nitrogen and oxygen atoms in total. The normalized spacial score (nSPS) is 23.8. The van der Waals surface area contributed by atoms with Gasteiger partial charge in [-0.3, -0.25) is 0 Å². The second-order valence-corrected chi connectivity index (χ2v) is 14.4. The summed E-state index contributed by atoms with van der Waals surface area (Å²) in [6.45, 7) is 24.7. The van der Waals surface area contributed by atoms with Gasteiger partial charge in [0.2, 0.25) is 0 Å². The van der Waals surface area contributed by atoms with Crippen LogP contribution in [-0.4, -0.2) is 4.40 Å². The summed E-state index contributed by atoms with van der Waals surface area (Å²) in [6.07, 6.45) is 3.32. The minimum absolute atomic E-state index is 0.0134. The van der Waals surface area contributed by atoms with Crippen LogP contribution in [0.2, 0.25) is 0 Å². The summed E-state index contributed by atoms with van der Waals surface area (Å²) >= 11 is 0. The van der Waals surface area contributed by atoms with Crippen LogP contribution in [0, 0.1) is 5.41 Å². The minimum Gasteiger partial charge on any atom is -0.216 e. The van der Waals surface area contributed by atoms with Gasteiger partial charge in [-0.1, -0.05) is 106 Å². The summed E-state index contributed by atoms with van der Waals surface area (Å²) in [7, 11) is 0. The summed E-state index contributed by atoms with van der Waals surface area (Å²) in [4.78, 5) is 0. The fourth-order valence-electron chi connectivity index (χ4n) is 9.39. The van der Waals surface area contributed by atoms with Crippen LogP contribution in [0.15, 0.2) is 54.6 Å². The summed E-state index contributed by atoms with van der Waals surface area (Å²) in [6, 6.07) is 21.4. The number of aromatic nitrogens is 2. The lowest BCUT2D eigenvalue weighted by molar-refractivity contribution is -0.733. The maximum atomic E-state index is 2.84. The van der Waals surface area contributed by atoms with Crippen LogP contribution in [0.4, 0.5) is 0 Å². The first-order valence-electron chi connectivity index (χ1n) is 15.2. The van der Waals surface area contributed by atoms with E-state index in [1.165, 1.54) is 55.0 Å². The molecule has 0 N–H and O–H groups in total. The molecule has 39 heavy (non-hydrogen) atoms. The molecular formula is C37H45N2+. The maximum absolute atomic E-state index is 2.84. The average Bonchev–Trinajstić information content (AvgIpc) is 3.31. The molecule has 0 fully saturated rings. The Morgan fingerprint density at radius 1 is 0.641 bits per heavy atom. The smallest absolute Gasteiger partial charge is 0.216 e. The highest BCUT2D eigenvalue weighted by molar-refractivity contribution is 6.14. The first kappa shape index (κ1) is 25.1. The summed E-state index contributed by atoms with van der Waals surface area (Å²) in [5, 5.41) is 4.19. The number of imidazole rings is 1. The van der Waals surface area contributed by atoms with Crippen molar-refractivity contribution in [3.8, 4) is 0 Å². The van der Waals surface area contributed by atoms with Crippen LogP contribution >= 0.6 is 0 Å². The molecule has 7 rings (SSSR count). The highest BCUT2D eigenvalue weighted by Gasteiger charge is 2.60. The Morgan fingerprint density at radius 2 is 1.26 bits per heavy atom. The summed E-state index contributed by atoms with van der Waals surface area (Å²) < 4.78 is 5.47. The Morgan fingerprint density at radius 3 is 1.90 bits per heavy atom. The van der Waals surface area contributed by atoms with E-state index in [4.69, 9.17) is 0 Å². The predicted octanol–water partition coefficient (Wildman–Crippen LogP) is 9.48. The maximum Gasteiger partial charge on any atom is 0.296 e. The van der Waals surface area contributed by atoms with Crippen molar-refractivity contribution < 1.29 is 4.57 Å². The number of rotatable bonds is 3. The van der Waals surface area contributed by atoms with E-state index < -0.39 is 0 Å². The van der Waals surface area contributed by atoms with Crippen molar-refractivity contribution in [3.63, 3.8) is 0 Å². The van der Waals surface area contributed by atoms with Gasteiger partial charge in [-0.15, -0.1) is 0 Å². The first-order chi connectivity index (χ1) is 18.4. The third-order valence-corrected chi connectivity index (χ3v) is 13.1. The zero-order chi connectivity index (χ0) is 27.9. The molecule has 5 aromatic rings. The van der Waals surface area contributed by atoms with Gasteiger partial charge >= 0.3 is 0 Å². The van der Waals surface area contributed by atoms with E-state index in [0.29, 0.717) is 0 Å². The fraction of sp³-hybridized carbons (Fsp3) is 0.486. The molecule has 1 unspecified atom stereocenters. The number of nitrogens with zero attached hydrogens (tertiary/aromatic N) is 2. The van der Waals surface area contributed by atoms with Crippen LogP contribution in [0.5, 0.6) is 0 Å².